The minimum atomic E-state index is -1.12. The van der Waals surface area contributed by atoms with E-state index in [1.54, 1.807) is 0 Å². The molecule has 1 amide bonds. The zero-order valence-corrected chi connectivity index (χ0v) is 13.7. The van der Waals surface area contributed by atoms with Crippen molar-refractivity contribution in [2.24, 2.45) is 0 Å². The van der Waals surface area contributed by atoms with Crippen molar-refractivity contribution in [2.75, 3.05) is 19.8 Å². The van der Waals surface area contributed by atoms with Gasteiger partial charge in [-0.1, -0.05) is 0 Å². The number of rotatable bonds is 5. The van der Waals surface area contributed by atoms with Gasteiger partial charge >= 0.3 is 5.97 Å². The summed E-state index contributed by atoms with van der Waals surface area (Å²) in [6, 6.07) is 3.09. The molecule has 26 heavy (non-hydrogen) atoms. The predicted molar refractivity (Wildman–Crippen MR) is 88.6 cm³/mol. The minimum Gasteiger partial charge on any atom is -0.480 e. The summed E-state index contributed by atoms with van der Waals surface area (Å²) in [6.07, 6.45) is 1.13. The van der Waals surface area contributed by atoms with Gasteiger partial charge in [0.05, 0.1) is 18.8 Å². The van der Waals surface area contributed by atoms with Gasteiger partial charge in [0, 0.05) is 23.7 Å². The molecule has 3 N–H and O–H groups in total. The summed E-state index contributed by atoms with van der Waals surface area (Å²) in [5.41, 5.74) is -0.363. The zero-order valence-electron chi connectivity index (χ0n) is 13.7. The van der Waals surface area contributed by atoms with Crippen molar-refractivity contribution in [3.8, 4) is 0 Å². The SMILES string of the molecule is O=C(O)CO[C@H]1CCOC[C@H]1NC(=O)c1c[nH]c2ccc(F)cc2c1=O. The first-order chi connectivity index (χ1) is 12.5. The number of benzene rings is 1. The van der Waals surface area contributed by atoms with Crippen molar-refractivity contribution in [3.05, 3.63) is 46.0 Å². The van der Waals surface area contributed by atoms with Crippen molar-refractivity contribution in [3.63, 3.8) is 0 Å². The van der Waals surface area contributed by atoms with Crippen molar-refractivity contribution in [2.45, 2.75) is 18.6 Å². The monoisotopic (exact) mass is 364 g/mol. The number of nitrogens with one attached hydrogen (secondary N) is 2. The van der Waals surface area contributed by atoms with Crippen LogP contribution in [0.4, 0.5) is 4.39 Å². The Morgan fingerprint density at radius 2 is 2.23 bits per heavy atom. The van der Waals surface area contributed by atoms with E-state index in [1.165, 1.54) is 18.3 Å². The van der Waals surface area contributed by atoms with E-state index in [9.17, 15) is 18.8 Å². The molecule has 1 aliphatic heterocycles. The highest BCUT2D eigenvalue weighted by Crippen LogP contribution is 2.14. The molecule has 8 nitrogen and oxygen atoms in total. The lowest BCUT2D eigenvalue weighted by Gasteiger charge is -2.31. The maximum atomic E-state index is 13.4. The number of carbonyl (C=O) groups excluding carboxylic acids is 1. The van der Waals surface area contributed by atoms with Crippen LogP contribution in [0, 0.1) is 5.82 Å². The summed E-state index contributed by atoms with van der Waals surface area (Å²) in [7, 11) is 0. The maximum Gasteiger partial charge on any atom is 0.329 e. The number of hydrogen-bond acceptors (Lipinski definition) is 5. The van der Waals surface area contributed by atoms with Crippen LogP contribution < -0.4 is 10.7 Å². The maximum absolute atomic E-state index is 13.4. The molecule has 9 heteroatoms. The van der Waals surface area contributed by atoms with Gasteiger partial charge in [0.25, 0.3) is 5.91 Å². The van der Waals surface area contributed by atoms with Crippen molar-refractivity contribution in [1.29, 1.82) is 0 Å². The Balaban J connectivity index is 1.80. The number of H-pyrrole nitrogens is 1. The van der Waals surface area contributed by atoms with Gasteiger partial charge < -0.3 is 24.9 Å². The first-order valence-electron chi connectivity index (χ1n) is 7.98. The minimum absolute atomic E-state index is 0.0659. The summed E-state index contributed by atoms with van der Waals surface area (Å²) in [5.74, 6) is -2.37. The van der Waals surface area contributed by atoms with E-state index in [1.807, 2.05) is 0 Å². The van der Waals surface area contributed by atoms with E-state index in [0.29, 0.717) is 18.5 Å². The van der Waals surface area contributed by atoms with Crippen molar-refractivity contribution < 1.29 is 28.6 Å². The fourth-order valence-corrected chi connectivity index (χ4v) is 2.84. The second kappa shape index (κ2) is 7.63. The lowest BCUT2D eigenvalue weighted by molar-refractivity contribution is -0.147. The highest BCUT2D eigenvalue weighted by Gasteiger charge is 2.29. The number of aliphatic carboxylic acids is 1. The molecular weight excluding hydrogens is 347 g/mol. The molecule has 0 bridgehead atoms. The molecule has 1 fully saturated rings. The summed E-state index contributed by atoms with van der Waals surface area (Å²) in [6.45, 7) is 0.0233. The van der Waals surface area contributed by atoms with Crippen molar-refractivity contribution >= 4 is 22.8 Å². The first kappa shape index (κ1) is 18.0. The third kappa shape index (κ3) is 3.89. The van der Waals surface area contributed by atoms with E-state index in [4.69, 9.17) is 14.6 Å². The van der Waals surface area contributed by atoms with Crippen LogP contribution >= 0.6 is 0 Å². The molecule has 0 unspecified atom stereocenters. The van der Waals surface area contributed by atoms with Crippen LogP contribution in [-0.2, 0) is 14.3 Å². The molecule has 138 valence electrons. The molecular formula is C17H17FN2O6. The van der Waals surface area contributed by atoms with Gasteiger partial charge in [-0.3, -0.25) is 9.59 Å². The number of halogens is 1. The normalized spacial score (nSPS) is 20.0. The van der Waals surface area contributed by atoms with Crippen LogP contribution in [0.2, 0.25) is 0 Å². The average Bonchev–Trinajstić information content (AvgIpc) is 2.61. The Hall–Kier alpha value is -2.78. The molecule has 0 radical (unpaired) electrons. The first-order valence-corrected chi connectivity index (χ1v) is 7.98. The quantitative estimate of drug-likeness (QED) is 0.717. The third-order valence-corrected chi connectivity index (χ3v) is 4.12. The highest BCUT2D eigenvalue weighted by molar-refractivity contribution is 5.97. The van der Waals surface area contributed by atoms with Gasteiger partial charge in [0.2, 0.25) is 5.43 Å². The fraction of sp³-hybridized carbons (Fsp3) is 0.353. The molecule has 2 atom stereocenters. The second-order valence-electron chi connectivity index (χ2n) is 5.91. The number of aromatic nitrogens is 1. The van der Waals surface area contributed by atoms with Crippen LogP contribution in [0.5, 0.6) is 0 Å². The van der Waals surface area contributed by atoms with E-state index >= 15 is 0 Å². The fourth-order valence-electron chi connectivity index (χ4n) is 2.84. The standard InChI is InChI=1S/C17H17FN2O6/c18-9-1-2-12-10(5-9)16(23)11(6-19-12)17(24)20-13-7-25-4-3-14(13)26-8-15(21)22/h1-2,5-6,13-14H,3-4,7-8H2,(H,19,23)(H,20,24)(H,21,22)/t13-,14+/m1/s1. The number of carboxylic acid groups (broad SMARTS) is 1. The highest BCUT2D eigenvalue weighted by atomic mass is 19.1. The number of amides is 1. The Morgan fingerprint density at radius 1 is 1.42 bits per heavy atom. The summed E-state index contributed by atoms with van der Waals surface area (Å²) in [4.78, 5) is 38.4. The number of carbonyl (C=O) groups is 2. The number of ether oxygens (including phenoxy) is 2. The molecule has 0 aliphatic carbocycles. The van der Waals surface area contributed by atoms with Gasteiger partial charge in [0.1, 0.15) is 18.0 Å². The number of carboxylic acids is 1. The molecule has 2 heterocycles. The number of aromatic amines is 1. The molecule has 0 saturated carbocycles. The van der Waals surface area contributed by atoms with Crippen LogP contribution in [0.15, 0.2) is 29.2 Å². The van der Waals surface area contributed by atoms with Gasteiger partial charge in [0.15, 0.2) is 0 Å². The zero-order chi connectivity index (χ0) is 18.7. The van der Waals surface area contributed by atoms with Crippen LogP contribution in [0.3, 0.4) is 0 Å². The molecule has 1 saturated heterocycles. The van der Waals surface area contributed by atoms with Crippen molar-refractivity contribution in [1.82, 2.24) is 10.3 Å². The average molecular weight is 364 g/mol. The number of pyridine rings is 1. The van der Waals surface area contributed by atoms with Gasteiger partial charge in [-0.05, 0) is 24.6 Å². The van der Waals surface area contributed by atoms with E-state index < -0.39 is 41.9 Å². The number of fused-ring (bicyclic) bond motifs is 1. The largest absolute Gasteiger partial charge is 0.480 e. The lowest BCUT2D eigenvalue weighted by Crippen LogP contribution is -2.51. The van der Waals surface area contributed by atoms with E-state index in [0.717, 1.165) is 6.07 Å². The third-order valence-electron chi connectivity index (χ3n) is 4.12. The molecule has 3 rings (SSSR count). The van der Waals surface area contributed by atoms with Gasteiger partial charge in [-0.15, -0.1) is 0 Å². The van der Waals surface area contributed by atoms with E-state index in [2.05, 4.69) is 10.3 Å². The molecule has 1 aromatic heterocycles. The Kier molecular flexibility index (Phi) is 5.29. The Bertz CT molecular complexity index is 896. The Labute approximate surface area is 146 Å². The molecule has 2 aromatic rings. The summed E-state index contributed by atoms with van der Waals surface area (Å²) >= 11 is 0. The van der Waals surface area contributed by atoms with Crippen LogP contribution in [-0.4, -0.2) is 53.9 Å². The number of hydrogen-bond donors (Lipinski definition) is 3. The van der Waals surface area contributed by atoms with Crippen LogP contribution in [0.1, 0.15) is 16.8 Å². The van der Waals surface area contributed by atoms with Crippen LogP contribution in [0.25, 0.3) is 10.9 Å². The van der Waals surface area contributed by atoms with Gasteiger partial charge in [-0.25, -0.2) is 9.18 Å². The summed E-state index contributed by atoms with van der Waals surface area (Å²) in [5, 5.41) is 11.4. The molecule has 1 aliphatic rings. The topological polar surface area (TPSA) is 118 Å². The summed E-state index contributed by atoms with van der Waals surface area (Å²) < 4.78 is 24.0. The smallest absolute Gasteiger partial charge is 0.329 e. The predicted octanol–water partition coefficient (Wildman–Crippen LogP) is 0.656. The molecule has 1 aromatic carbocycles. The second-order valence-corrected chi connectivity index (χ2v) is 5.91. The Morgan fingerprint density at radius 3 is 3.00 bits per heavy atom. The van der Waals surface area contributed by atoms with Gasteiger partial charge in [-0.2, -0.15) is 0 Å². The van der Waals surface area contributed by atoms with E-state index in [-0.39, 0.29) is 17.6 Å². The molecule has 0 spiro atoms. The lowest BCUT2D eigenvalue weighted by atomic mass is 10.1.